The van der Waals surface area contributed by atoms with Crippen LogP contribution in [0.25, 0.3) is 0 Å². The molecule has 2 aromatic carbocycles. The fourth-order valence-electron chi connectivity index (χ4n) is 1.20. The van der Waals surface area contributed by atoms with Gasteiger partial charge in [-0.2, -0.15) is 0 Å². The van der Waals surface area contributed by atoms with Gasteiger partial charge < -0.3 is 0 Å². The molecule has 0 aliphatic rings. The molecule has 86 valence electrons. The van der Waals surface area contributed by atoms with E-state index >= 15 is 0 Å². The van der Waals surface area contributed by atoms with E-state index in [1.807, 2.05) is 30.3 Å². The first-order valence-corrected chi connectivity index (χ1v) is 7.05. The molecular weight excluding hydrogens is 254 g/mol. The van der Waals surface area contributed by atoms with E-state index in [1.165, 1.54) is 12.1 Å². The lowest BCUT2D eigenvalue weighted by Crippen LogP contribution is -1.85. The molecule has 0 amide bonds. The Hall–Kier alpha value is -1.46. The van der Waals surface area contributed by atoms with E-state index < -0.39 is 4.92 Å². The predicted octanol–water partition coefficient (Wildman–Crippen LogP) is 4.39. The summed E-state index contributed by atoms with van der Waals surface area (Å²) in [6.07, 6.45) is 0. The first kappa shape index (κ1) is 12.0. The Morgan fingerprint density at radius 2 is 1.35 bits per heavy atom. The van der Waals surface area contributed by atoms with E-state index in [1.54, 1.807) is 33.7 Å². The Balaban J connectivity index is 1.98. The van der Waals surface area contributed by atoms with Gasteiger partial charge in [0.2, 0.25) is 0 Å². The molecule has 0 bridgehead atoms. The van der Waals surface area contributed by atoms with Gasteiger partial charge >= 0.3 is 0 Å². The number of rotatable bonds is 4. The van der Waals surface area contributed by atoms with Crippen LogP contribution in [0.1, 0.15) is 0 Å². The molecule has 0 N–H and O–H groups in total. The minimum Gasteiger partial charge on any atom is -0.258 e. The summed E-state index contributed by atoms with van der Waals surface area (Å²) in [6.45, 7) is 0. The van der Waals surface area contributed by atoms with E-state index in [-0.39, 0.29) is 5.69 Å². The summed E-state index contributed by atoms with van der Waals surface area (Å²) in [7, 11) is 3.22. The lowest BCUT2D eigenvalue weighted by atomic mass is 10.3. The van der Waals surface area contributed by atoms with Crippen LogP contribution in [0, 0.1) is 10.1 Å². The standard InChI is InChI=1S/C12H9NO2S2/c14-13(15)10-6-8-12(9-7-10)17-16-11-4-2-1-3-5-11/h1-9H. The highest BCUT2D eigenvalue weighted by Crippen LogP contribution is 2.37. The third kappa shape index (κ3) is 3.51. The Bertz CT molecular complexity index is 500. The zero-order chi connectivity index (χ0) is 12.1. The molecule has 0 aliphatic carbocycles. The number of benzene rings is 2. The molecule has 0 aromatic heterocycles. The fourth-order valence-corrected chi connectivity index (χ4v) is 3.15. The van der Waals surface area contributed by atoms with Crippen LogP contribution in [-0.4, -0.2) is 4.92 Å². The van der Waals surface area contributed by atoms with Gasteiger partial charge in [0.1, 0.15) is 0 Å². The molecule has 2 rings (SSSR count). The van der Waals surface area contributed by atoms with Gasteiger partial charge in [0.25, 0.3) is 5.69 Å². The van der Waals surface area contributed by atoms with Gasteiger partial charge in [0, 0.05) is 21.9 Å². The van der Waals surface area contributed by atoms with E-state index in [9.17, 15) is 10.1 Å². The van der Waals surface area contributed by atoms with Crippen molar-refractivity contribution in [1.29, 1.82) is 0 Å². The number of nitrogens with zero attached hydrogens (tertiary/aromatic N) is 1. The van der Waals surface area contributed by atoms with E-state index in [0.29, 0.717) is 0 Å². The lowest BCUT2D eigenvalue weighted by Gasteiger charge is -2.00. The summed E-state index contributed by atoms with van der Waals surface area (Å²) in [4.78, 5) is 12.3. The van der Waals surface area contributed by atoms with Gasteiger partial charge in [-0.1, -0.05) is 39.8 Å². The summed E-state index contributed by atoms with van der Waals surface area (Å²) < 4.78 is 0. The minimum absolute atomic E-state index is 0.124. The summed E-state index contributed by atoms with van der Waals surface area (Å²) in [5.74, 6) is 0. The van der Waals surface area contributed by atoms with Crippen LogP contribution in [0.5, 0.6) is 0 Å². The largest absolute Gasteiger partial charge is 0.269 e. The van der Waals surface area contributed by atoms with Crippen LogP contribution in [0.15, 0.2) is 64.4 Å². The van der Waals surface area contributed by atoms with Gasteiger partial charge in [-0.05, 0) is 24.3 Å². The zero-order valence-corrected chi connectivity index (χ0v) is 10.4. The highest BCUT2D eigenvalue weighted by molar-refractivity contribution is 8.76. The second-order valence-electron chi connectivity index (χ2n) is 3.23. The lowest BCUT2D eigenvalue weighted by molar-refractivity contribution is -0.384. The molecule has 2 aromatic rings. The van der Waals surface area contributed by atoms with E-state index in [4.69, 9.17) is 0 Å². The third-order valence-electron chi connectivity index (χ3n) is 2.02. The summed E-state index contributed by atoms with van der Waals surface area (Å²) in [5, 5.41) is 10.5. The Morgan fingerprint density at radius 1 is 0.824 bits per heavy atom. The smallest absolute Gasteiger partial charge is 0.258 e. The fraction of sp³-hybridized carbons (Fsp3) is 0. The van der Waals surface area contributed by atoms with Gasteiger partial charge in [-0.15, -0.1) is 0 Å². The first-order valence-electron chi connectivity index (χ1n) is 4.90. The maximum atomic E-state index is 10.5. The van der Waals surface area contributed by atoms with Crippen molar-refractivity contribution >= 4 is 27.3 Å². The molecule has 0 fully saturated rings. The average Bonchev–Trinajstić information content (AvgIpc) is 2.38. The van der Waals surface area contributed by atoms with Crippen molar-refractivity contribution < 1.29 is 4.92 Å². The molecule has 0 aliphatic heterocycles. The minimum atomic E-state index is -0.390. The van der Waals surface area contributed by atoms with Crippen molar-refractivity contribution in [3.05, 3.63) is 64.7 Å². The monoisotopic (exact) mass is 263 g/mol. The van der Waals surface area contributed by atoms with Crippen LogP contribution in [-0.2, 0) is 0 Å². The summed E-state index contributed by atoms with van der Waals surface area (Å²) in [5.41, 5.74) is 0.124. The Labute approximate surface area is 107 Å². The Kier molecular flexibility index (Phi) is 4.06. The number of hydrogen-bond acceptors (Lipinski definition) is 4. The highest BCUT2D eigenvalue weighted by atomic mass is 33.1. The molecule has 3 nitrogen and oxygen atoms in total. The second kappa shape index (κ2) is 5.75. The van der Waals surface area contributed by atoms with Crippen LogP contribution in [0.2, 0.25) is 0 Å². The number of hydrogen-bond donors (Lipinski definition) is 0. The summed E-state index contributed by atoms with van der Waals surface area (Å²) in [6, 6.07) is 16.6. The van der Waals surface area contributed by atoms with Crippen molar-refractivity contribution in [2.24, 2.45) is 0 Å². The maximum absolute atomic E-state index is 10.5. The van der Waals surface area contributed by atoms with Crippen molar-refractivity contribution in [3.63, 3.8) is 0 Å². The van der Waals surface area contributed by atoms with Crippen molar-refractivity contribution in [3.8, 4) is 0 Å². The molecule has 0 heterocycles. The number of non-ortho nitro benzene ring substituents is 1. The van der Waals surface area contributed by atoms with Crippen molar-refractivity contribution in [2.45, 2.75) is 9.79 Å². The second-order valence-corrected chi connectivity index (χ2v) is 5.51. The molecule has 0 saturated carbocycles. The van der Waals surface area contributed by atoms with Crippen LogP contribution in [0.3, 0.4) is 0 Å². The van der Waals surface area contributed by atoms with Crippen LogP contribution >= 0.6 is 21.6 Å². The molecule has 0 radical (unpaired) electrons. The zero-order valence-electron chi connectivity index (χ0n) is 8.78. The van der Waals surface area contributed by atoms with Gasteiger partial charge in [0.05, 0.1) is 4.92 Å². The third-order valence-corrected chi connectivity index (χ3v) is 4.44. The van der Waals surface area contributed by atoms with E-state index in [0.717, 1.165) is 9.79 Å². The molecule has 0 unspecified atom stereocenters. The molecule has 0 atom stereocenters. The maximum Gasteiger partial charge on any atom is 0.269 e. The summed E-state index contributed by atoms with van der Waals surface area (Å²) >= 11 is 0. The molecule has 5 heteroatoms. The van der Waals surface area contributed by atoms with Crippen molar-refractivity contribution in [2.75, 3.05) is 0 Å². The van der Waals surface area contributed by atoms with E-state index in [2.05, 4.69) is 0 Å². The van der Waals surface area contributed by atoms with Crippen LogP contribution < -0.4 is 0 Å². The van der Waals surface area contributed by atoms with Gasteiger partial charge in [0.15, 0.2) is 0 Å². The highest BCUT2D eigenvalue weighted by Gasteiger charge is 2.04. The topological polar surface area (TPSA) is 43.1 Å². The average molecular weight is 263 g/mol. The SMILES string of the molecule is O=[N+]([O-])c1ccc(SSc2ccccc2)cc1. The molecule has 0 saturated heterocycles. The quantitative estimate of drug-likeness (QED) is 0.466. The van der Waals surface area contributed by atoms with Crippen molar-refractivity contribution in [1.82, 2.24) is 0 Å². The van der Waals surface area contributed by atoms with Crippen LogP contribution in [0.4, 0.5) is 5.69 Å². The normalized spacial score (nSPS) is 10.1. The predicted molar refractivity (Wildman–Crippen MR) is 71.3 cm³/mol. The Morgan fingerprint density at radius 3 is 1.88 bits per heavy atom. The first-order chi connectivity index (χ1) is 8.25. The molecular formula is C12H9NO2S2. The number of nitro groups is 1. The molecule has 17 heavy (non-hydrogen) atoms. The van der Waals surface area contributed by atoms with Gasteiger partial charge in [-0.3, -0.25) is 10.1 Å². The number of nitro benzene ring substituents is 1. The van der Waals surface area contributed by atoms with Gasteiger partial charge in [-0.25, -0.2) is 0 Å². The molecule has 0 spiro atoms.